The van der Waals surface area contributed by atoms with Gasteiger partial charge in [0, 0.05) is 65.8 Å². The molecule has 4 heterocycles. The van der Waals surface area contributed by atoms with Crippen molar-refractivity contribution in [2.24, 2.45) is 0 Å². The van der Waals surface area contributed by atoms with Crippen LogP contribution in [0.2, 0.25) is 0 Å². The van der Waals surface area contributed by atoms with Crippen molar-refractivity contribution in [2.45, 2.75) is 79.1 Å². The summed E-state index contributed by atoms with van der Waals surface area (Å²) in [5.74, 6) is 0.914. The van der Waals surface area contributed by atoms with Crippen LogP contribution in [-0.4, -0.2) is 8.80 Å². The highest BCUT2D eigenvalue weighted by Gasteiger charge is 2.29. The van der Waals surface area contributed by atoms with Crippen molar-refractivity contribution in [1.29, 1.82) is 0 Å². The lowest BCUT2D eigenvalue weighted by atomic mass is 9.99. The quantitative estimate of drug-likeness (QED) is 0.121. The Kier molecular flexibility index (Phi) is 9.92. The fourth-order valence-corrected chi connectivity index (χ4v) is 12.1. The van der Waals surface area contributed by atoms with Crippen LogP contribution < -0.4 is 9.80 Å². The van der Waals surface area contributed by atoms with Gasteiger partial charge in [0.25, 0.3) is 0 Å². The molecule has 0 atom stereocenters. The third kappa shape index (κ3) is 6.21. The monoisotopic (exact) mass is 906 g/mol. The molecule has 342 valence electrons. The summed E-state index contributed by atoms with van der Waals surface area (Å²) in [5.41, 5.74) is 20.2. The minimum absolute atomic E-state index is 0.457. The second kappa shape index (κ2) is 16.4. The zero-order valence-electron chi connectivity index (χ0n) is 41.1. The number of aromatic nitrogens is 2. The fraction of sp³-hybridized carbons (Fsp3) is 0.182. The largest absolute Gasteiger partial charge is 0.310 e. The van der Waals surface area contributed by atoms with Gasteiger partial charge in [-0.1, -0.05) is 164 Å². The first kappa shape index (κ1) is 42.3. The van der Waals surface area contributed by atoms with Crippen molar-refractivity contribution in [3.63, 3.8) is 0 Å². The molecule has 0 N–H and O–H groups in total. The zero-order valence-corrected chi connectivity index (χ0v) is 41.1. The molecule has 0 aliphatic rings. The topological polar surface area (TPSA) is 15.3 Å². The summed E-state index contributed by atoms with van der Waals surface area (Å²) in [6, 6.07) is 69.0. The van der Waals surface area contributed by atoms with E-state index in [4.69, 9.17) is 0 Å². The van der Waals surface area contributed by atoms with Crippen molar-refractivity contribution < 1.29 is 0 Å². The number of hydrogen-bond donors (Lipinski definition) is 0. The Morgan fingerprint density at radius 1 is 0.357 bits per heavy atom. The lowest BCUT2D eigenvalue weighted by molar-refractivity contribution is 0.866. The Morgan fingerprint density at radius 2 is 0.743 bits per heavy atom. The molecule has 0 bridgehead atoms. The molecule has 0 radical (unpaired) electrons. The SMILES string of the molecule is CCCc1cccc2c3c(N(c4ccccc4)c4ccc(C(C)C)cc4)ccc4c5cc6c(cc5n(c12)c43)c1ccc(N(c2ccccc2)c2ccc(C(C)C)cc2)c2c3cccc(CCC)c3n6c12. The van der Waals surface area contributed by atoms with E-state index in [2.05, 4.69) is 242 Å². The van der Waals surface area contributed by atoms with E-state index in [1.807, 2.05) is 0 Å². The van der Waals surface area contributed by atoms with E-state index in [0.717, 1.165) is 48.4 Å². The molecule has 4 aromatic heterocycles. The van der Waals surface area contributed by atoms with Crippen LogP contribution in [0.4, 0.5) is 34.1 Å². The van der Waals surface area contributed by atoms with E-state index in [1.54, 1.807) is 0 Å². The maximum atomic E-state index is 2.65. The third-order valence-corrected chi connectivity index (χ3v) is 15.3. The number of rotatable bonds is 12. The zero-order chi connectivity index (χ0) is 47.4. The summed E-state index contributed by atoms with van der Waals surface area (Å²) in [6.45, 7) is 13.7. The van der Waals surface area contributed by atoms with E-state index in [1.165, 1.54) is 110 Å². The molecule has 70 heavy (non-hydrogen) atoms. The first-order valence-electron chi connectivity index (χ1n) is 25.6. The summed E-state index contributed by atoms with van der Waals surface area (Å²) in [6.07, 6.45) is 4.17. The van der Waals surface area contributed by atoms with E-state index in [9.17, 15) is 0 Å². The average Bonchev–Trinajstić information content (AvgIpc) is 4.12. The van der Waals surface area contributed by atoms with Crippen LogP contribution in [0.5, 0.6) is 0 Å². The van der Waals surface area contributed by atoms with E-state index >= 15 is 0 Å². The minimum atomic E-state index is 0.457. The predicted molar refractivity (Wildman–Crippen MR) is 301 cm³/mol. The highest BCUT2D eigenvalue weighted by molar-refractivity contribution is 6.32. The Labute approximate surface area is 410 Å². The standard InChI is InChI=1S/C66H58N4/c1-7-17-45-19-15-25-53-61-57(67(47-21-11-9-12-22-47)49-31-27-43(28-32-49)41(3)4)37-35-51-55-40-60-56(39-59(55)69(63(45)53)65(51)61)52-36-38-58(62-54-26-16-20-46(18-8-2)64(54)70(60)66(52)62)68(48-23-13-10-14-24-48)50-33-29-44(30-34-50)42(5)6/h9-16,19-42H,7-8,17-18H2,1-6H3. The molecule has 0 amide bonds. The first-order valence-corrected chi connectivity index (χ1v) is 25.6. The van der Waals surface area contributed by atoms with Crippen LogP contribution >= 0.6 is 0 Å². The molecule has 4 heteroatoms. The number of para-hydroxylation sites is 4. The highest BCUT2D eigenvalue weighted by Crippen LogP contribution is 2.52. The molecule has 0 saturated carbocycles. The molecule has 4 nitrogen and oxygen atoms in total. The van der Waals surface area contributed by atoms with Gasteiger partial charge >= 0.3 is 0 Å². The highest BCUT2D eigenvalue weighted by atomic mass is 15.2. The molecule has 0 aliphatic heterocycles. The summed E-state index contributed by atoms with van der Waals surface area (Å²) < 4.78 is 5.29. The molecule has 9 aromatic carbocycles. The van der Waals surface area contributed by atoms with Crippen molar-refractivity contribution in [3.05, 3.63) is 204 Å². The Morgan fingerprint density at radius 3 is 1.11 bits per heavy atom. The summed E-state index contributed by atoms with van der Waals surface area (Å²) in [5, 5.41) is 10.4. The van der Waals surface area contributed by atoms with Gasteiger partial charge in [0.15, 0.2) is 0 Å². The van der Waals surface area contributed by atoms with E-state index < -0.39 is 0 Å². The summed E-state index contributed by atoms with van der Waals surface area (Å²) in [4.78, 5) is 4.96. The van der Waals surface area contributed by atoms with Crippen molar-refractivity contribution in [2.75, 3.05) is 9.80 Å². The molecule has 0 saturated heterocycles. The average molecular weight is 907 g/mol. The molecule has 0 aliphatic carbocycles. The normalized spacial score (nSPS) is 12.3. The van der Waals surface area contributed by atoms with Crippen molar-refractivity contribution in [1.82, 2.24) is 8.80 Å². The van der Waals surface area contributed by atoms with Gasteiger partial charge in [-0.05, 0) is 120 Å². The molecule has 0 spiro atoms. The number of benzene rings is 9. The second-order valence-corrected chi connectivity index (χ2v) is 20.2. The maximum Gasteiger partial charge on any atom is 0.0641 e. The van der Waals surface area contributed by atoms with Gasteiger partial charge in [-0.15, -0.1) is 0 Å². The van der Waals surface area contributed by atoms with Crippen LogP contribution in [0.1, 0.15) is 88.5 Å². The van der Waals surface area contributed by atoms with Gasteiger partial charge in [-0.2, -0.15) is 0 Å². The third-order valence-electron chi connectivity index (χ3n) is 15.3. The molecule has 0 unspecified atom stereocenters. The van der Waals surface area contributed by atoms with Gasteiger partial charge in [0.05, 0.1) is 44.5 Å². The summed E-state index contributed by atoms with van der Waals surface area (Å²) >= 11 is 0. The lowest BCUT2D eigenvalue weighted by Crippen LogP contribution is -2.10. The van der Waals surface area contributed by atoms with Gasteiger partial charge < -0.3 is 18.6 Å². The van der Waals surface area contributed by atoms with Crippen LogP contribution in [-0.2, 0) is 12.8 Å². The van der Waals surface area contributed by atoms with Crippen LogP contribution in [0.3, 0.4) is 0 Å². The minimum Gasteiger partial charge on any atom is -0.310 e. The predicted octanol–water partition coefficient (Wildman–Crippen LogP) is 19.1. The number of fused-ring (bicyclic) bond motifs is 12. The first-order chi connectivity index (χ1) is 34.3. The van der Waals surface area contributed by atoms with Crippen LogP contribution in [0.25, 0.3) is 76.2 Å². The second-order valence-electron chi connectivity index (χ2n) is 20.2. The van der Waals surface area contributed by atoms with Crippen molar-refractivity contribution in [3.8, 4) is 0 Å². The Hall–Kier alpha value is -7.82. The fourth-order valence-electron chi connectivity index (χ4n) is 12.1. The number of aryl methyl sites for hydroxylation is 2. The van der Waals surface area contributed by atoms with Gasteiger partial charge in [-0.25, -0.2) is 0 Å². The Balaban J connectivity index is 1.14. The Bertz CT molecular complexity index is 3800. The number of hydrogen-bond acceptors (Lipinski definition) is 2. The number of anilines is 6. The van der Waals surface area contributed by atoms with Crippen LogP contribution in [0.15, 0.2) is 182 Å². The molecular formula is C66H58N4. The summed E-state index contributed by atoms with van der Waals surface area (Å²) in [7, 11) is 0. The van der Waals surface area contributed by atoms with Crippen molar-refractivity contribution >= 4 is 110 Å². The van der Waals surface area contributed by atoms with Gasteiger partial charge in [-0.3, -0.25) is 0 Å². The van der Waals surface area contributed by atoms with Gasteiger partial charge in [0.2, 0.25) is 0 Å². The molecular weight excluding hydrogens is 849 g/mol. The number of nitrogens with zero attached hydrogens (tertiary/aromatic N) is 4. The van der Waals surface area contributed by atoms with E-state index in [-0.39, 0.29) is 0 Å². The van der Waals surface area contributed by atoms with Gasteiger partial charge in [0.1, 0.15) is 0 Å². The maximum absolute atomic E-state index is 2.65. The molecule has 0 fully saturated rings. The molecule has 13 aromatic rings. The smallest absolute Gasteiger partial charge is 0.0641 e. The van der Waals surface area contributed by atoms with Crippen LogP contribution in [0, 0.1) is 0 Å². The lowest BCUT2D eigenvalue weighted by Gasteiger charge is -2.27. The molecule has 13 rings (SSSR count). The van der Waals surface area contributed by atoms with E-state index in [0.29, 0.717) is 11.8 Å².